The summed E-state index contributed by atoms with van der Waals surface area (Å²) in [5.41, 5.74) is 4.35. The number of benzene rings is 2. The molecule has 1 aromatic heterocycles. The Morgan fingerprint density at radius 3 is 2.37 bits per heavy atom. The van der Waals surface area contributed by atoms with Crippen molar-refractivity contribution >= 4 is 11.8 Å². The van der Waals surface area contributed by atoms with Gasteiger partial charge in [0.2, 0.25) is 0 Å². The van der Waals surface area contributed by atoms with Crippen molar-refractivity contribution in [3.8, 4) is 16.9 Å². The Morgan fingerprint density at radius 1 is 0.967 bits per heavy atom. The molecule has 0 bridgehead atoms. The molecule has 0 amide bonds. The van der Waals surface area contributed by atoms with Crippen LogP contribution in [-0.2, 0) is 11.2 Å². The topological polar surface area (TPSA) is 68.4 Å². The minimum absolute atomic E-state index is 0.0424. The third-order valence-corrected chi connectivity index (χ3v) is 5.44. The second-order valence-corrected chi connectivity index (χ2v) is 7.35. The minimum Gasteiger partial charge on any atom is -0.494 e. The van der Waals surface area contributed by atoms with Gasteiger partial charge in [-0.3, -0.25) is 4.79 Å². The van der Waals surface area contributed by atoms with Crippen molar-refractivity contribution in [2.75, 3.05) is 13.2 Å². The first-order chi connectivity index (χ1) is 14.6. The molecule has 0 fully saturated rings. The van der Waals surface area contributed by atoms with Gasteiger partial charge in [0.25, 0.3) is 0 Å². The van der Waals surface area contributed by atoms with Gasteiger partial charge in [0.05, 0.1) is 13.2 Å². The molecule has 0 aliphatic heterocycles. The van der Waals surface area contributed by atoms with Gasteiger partial charge in [0.15, 0.2) is 5.78 Å². The molecule has 30 heavy (non-hydrogen) atoms. The summed E-state index contributed by atoms with van der Waals surface area (Å²) in [6, 6.07) is 17.5. The summed E-state index contributed by atoms with van der Waals surface area (Å²) >= 11 is 0. The highest BCUT2D eigenvalue weighted by atomic mass is 16.5. The number of aromatic amines is 1. The first-order valence-corrected chi connectivity index (χ1v) is 10.4. The summed E-state index contributed by atoms with van der Waals surface area (Å²) in [5.74, 6) is 0.481. The van der Waals surface area contributed by atoms with Crippen LogP contribution in [0.3, 0.4) is 0 Å². The molecule has 0 spiro atoms. The minimum atomic E-state index is -0.434. The zero-order valence-electron chi connectivity index (χ0n) is 17.2. The summed E-state index contributed by atoms with van der Waals surface area (Å²) in [7, 11) is 0. The van der Waals surface area contributed by atoms with Crippen LogP contribution in [-0.4, -0.2) is 30.0 Å². The van der Waals surface area contributed by atoms with E-state index in [9.17, 15) is 9.59 Å². The van der Waals surface area contributed by atoms with E-state index in [1.807, 2.05) is 61.5 Å². The molecule has 3 aromatic rings. The number of carbonyl (C=O) groups excluding carboxylic acids is 2. The Labute approximate surface area is 176 Å². The molecule has 1 aliphatic rings. The number of esters is 1. The van der Waals surface area contributed by atoms with E-state index in [1.165, 1.54) is 0 Å². The number of ketones is 1. The van der Waals surface area contributed by atoms with Crippen LogP contribution in [0.2, 0.25) is 0 Å². The Morgan fingerprint density at radius 2 is 1.70 bits per heavy atom. The lowest BCUT2D eigenvalue weighted by molar-refractivity contribution is 0.0521. The van der Waals surface area contributed by atoms with Gasteiger partial charge in [-0.1, -0.05) is 42.5 Å². The van der Waals surface area contributed by atoms with Crippen molar-refractivity contribution in [1.29, 1.82) is 0 Å². The monoisotopic (exact) mass is 403 g/mol. The van der Waals surface area contributed by atoms with Crippen molar-refractivity contribution in [2.24, 2.45) is 0 Å². The van der Waals surface area contributed by atoms with Crippen molar-refractivity contribution < 1.29 is 19.1 Å². The molecule has 2 aromatic carbocycles. The van der Waals surface area contributed by atoms with Crippen LogP contribution >= 0.6 is 0 Å². The highest BCUT2D eigenvalue weighted by Gasteiger charge is 2.34. The quantitative estimate of drug-likeness (QED) is 0.577. The maximum atomic E-state index is 13.2. The molecule has 4 rings (SSSR count). The van der Waals surface area contributed by atoms with E-state index in [4.69, 9.17) is 9.47 Å². The van der Waals surface area contributed by atoms with Gasteiger partial charge in [0, 0.05) is 23.2 Å². The molecular formula is C25H25NO4. The molecule has 1 heterocycles. The van der Waals surface area contributed by atoms with Crippen LogP contribution in [0.4, 0.5) is 0 Å². The molecule has 1 N–H and O–H groups in total. The van der Waals surface area contributed by atoms with Gasteiger partial charge in [-0.25, -0.2) is 4.79 Å². The van der Waals surface area contributed by atoms with Crippen LogP contribution in [0.5, 0.6) is 5.75 Å². The number of ether oxygens (including phenoxy) is 2. The number of nitrogens with one attached hydrogen (secondary N) is 1. The van der Waals surface area contributed by atoms with Crippen molar-refractivity contribution in [2.45, 2.75) is 32.6 Å². The zero-order chi connectivity index (χ0) is 21.1. The van der Waals surface area contributed by atoms with E-state index in [1.54, 1.807) is 6.92 Å². The van der Waals surface area contributed by atoms with E-state index in [0.717, 1.165) is 22.6 Å². The standard InChI is InChI=1S/C25H25NO4/c1-3-29-19-12-10-16(11-13-19)18-14-20-23(21(27)15-18)22(17-8-6-5-7-9-17)24(26-20)25(28)30-4-2/h5-13,18,26H,3-4,14-15H2,1-2H3/t18-/m1/s1. The molecule has 0 unspecified atom stereocenters. The predicted octanol–water partition coefficient (Wildman–Crippen LogP) is 5.17. The highest BCUT2D eigenvalue weighted by Crippen LogP contribution is 2.40. The number of Topliss-reactive ketones (excluding diaryl/α,β-unsaturated/α-hetero) is 1. The number of fused-ring (bicyclic) bond motifs is 1. The van der Waals surface area contributed by atoms with Crippen molar-refractivity contribution in [1.82, 2.24) is 4.98 Å². The molecule has 5 nitrogen and oxygen atoms in total. The van der Waals surface area contributed by atoms with E-state index in [0.29, 0.717) is 36.3 Å². The Balaban J connectivity index is 1.73. The van der Waals surface area contributed by atoms with E-state index < -0.39 is 5.97 Å². The fourth-order valence-electron chi connectivity index (χ4n) is 4.15. The third kappa shape index (κ3) is 3.75. The molecule has 0 saturated heterocycles. The van der Waals surface area contributed by atoms with E-state index >= 15 is 0 Å². The Bertz CT molecular complexity index is 1050. The third-order valence-electron chi connectivity index (χ3n) is 5.44. The van der Waals surface area contributed by atoms with Gasteiger partial charge in [-0.2, -0.15) is 0 Å². The number of hydrogen-bond donors (Lipinski definition) is 1. The number of hydrogen-bond acceptors (Lipinski definition) is 4. The second-order valence-electron chi connectivity index (χ2n) is 7.35. The number of H-pyrrole nitrogens is 1. The van der Waals surface area contributed by atoms with Gasteiger partial charge in [-0.15, -0.1) is 0 Å². The predicted molar refractivity (Wildman–Crippen MR) is 115 cm³/mol. The van der Waals surface area contributed by atoms with Crippen molar-refractivity contribution in [3.63, 3.8) is 0 Å². The van der Waals surface area contributed by atoms with Gasteiger partial charge in [-0.05, 0) is 49.4 Å². The van der Waals surface area contributed by atoms with Crippen LogP contribution in [0, 0.1) is 0 Å². The molecule has 0 saturated carbocycles. The Hall–Kier alpha value is -3.34. The van der Waals surface area contributed by atoms with Crippen LogP contribution in [0.25, 0.3) is 11.1 Å². The lowest BCUT2D eigenvalue weighted by atomic mass is 9.80. The summed E-state index contributed by atoms with van der Waals surface area (Å²) in [5, 5.41) is 0. The first kappa shape index (κ1) is 20.0. The fourth-order valence-corrected chi connectivity index (χ4v) is 4.15. The first-order valence-electron chi connectivity index (χ1n) is 10.4. The summed E-state index contributed by atoms with van der Waals surface area (Å²) in [6.07, 6.45) is 1.06. The lowest BCUT2D eigenvalue weighted by Crippen LogP contribution is -2.18. The molecule has 154 valence electrons. The number of rotatable bonds is 6. The number of carbonyl (C=O) groups is 2. The van der Waals surface area contributed by atoms with Gasteiger partial charge < -0.3 is 14.5 Å². The second kappa shape index (κ2) is 8.57. The van der Waals surface area contributed by atoms with Crippen molar-refractivity contribution in [3.05, 3.63) is 77.1 Å². The van der Waals surface area contributed by atoms with E-state index in [-0.39, 0.29) is 18.3 Å². The maximum Gasteiger partial charge on any atom is 0.355 e. The average molecular weight is 403 g/mol. The maximum absolute atomic E-state index is 13.2. The molecular weight excluding hydrogens is 378 g/mol. The molecule has 0 radical (unpaired) electrons. The summed E-state index contributed by atoms with van der Waals surface area (Å²) in [4.78, 5) is 29.1. The fraction of sp³-hybridized carbons (Fsp3) is 0.280. The lowest BCUT2D eigenvalue weighted by Gasteiger charge is -2.22. The SMILES string of the molecule is CCOC(=O)c1[nH]c2c(c1-c1ccccc1)C(=O)C[C@H](c1ccc(OCC)cc1)C2. The van der Waals surface area contributed by atoms with Crippen LogP contribution in [0.15, 0.2) is 54.6 Å². The molecule has 1 atom stereocenters. The Kier molecular flexibility index (Phi) is 5.70. The van der Waals surface area contributed by atoms with Gasteiger partial charge in [0.1, 0.15) is 11.4 Å². The van der Waals surface area contributed by atoms with Gasteiger partial charge >= 0.3 is 5.97 Å². The zero-order valence-corrected chi connectivity index (χ0v) is 17.2. The molecule has 5 heteroatoms. The summed E-state index contributed by atoms with van der Waals surface area (Å²) in [6.45, 7) is 4.62. The van der Waals surface area contributed by atoms with Crippen LogP contribution in [0.1, 0.15) is 58.3 Å². The highest BCUT2D eigenvalue weighted by molar-refractivity contribution is 6.10. The smallest absolute Gasteiger partial charge is 0.355 e. The normalized spacial score (nSPS) is 15.5. The van der Waals surface area contributed by atoms with Crippen LogP contribution < -0.4 is 4.74 Å². The summed E-state index contributed by atoms with van der Waals surface area (Å²) < 4.78 is 10.8. The number of aromatic nitrogens is 1. The average Bonchev–Trinajstić information content (AvgIpc) is 3.16. The largest absolute Gasteiger partial charge is 0.494 e. The van der Waals surface area contributed by atoms with E-state index in [2.05, 4.69) is 4.98 Å². The molecule has 1 aliphatic carbocycles.